The molecule has 7 heteroatoms. The van der Waals surface area contributed by atoms with Gasteiger partial charge in [0.05, 0.1) is 25.3 Å². The molecule has 0 bridgehead atoms. The molecule has 2 fully saturated rings. The number of rotatable bonds is 4. The summed E-state index contributed by atoms with van der Waals surface area (Å²) >= 11 is 0. The minimum atomic E-state index is 0. The second-order valence-electron chi connectivity index (χ2n) is 6.53. The fourth-order valence-corrected chi connectivity index (χ4v) is 3.38. The molecule has 24 heavy (non-hydrogen) atoms. The number of aliphatic imine (C=N–C) groups is 1. The van der Waals surface area contributed by atoms with E-state index in [1.165, 1.54) is 12.8 Å². The van der Waals surface area contributed by atoms with Gasteiger partial charge in [0.1, 0.15) is 11.5 Å². The van der Waals surface area contributed by atoms with Crippen molar-refractivity contribution in [3.63, 3.8) is 0 Å². The molecule has 0 radical (unpaired) electrons. The third-order valence-electron chi connectivity index (χ3n) is 4.66. The Kier molecular flexibility index (Phi) is 7.36. The molecule has 2 saturated heterocycles. The van der Waals surface area contributed by atoms with Crippen molar-refractivity contribution in [2.45, 2.75) is 38.8 Å². The monoisotopic (exact) mass is 448 g/mol. The number of morpholine rings is 1. The van der Waals surface area contributed by atoms with Gasteiger partial charge in [-0.15, -0.1) is 24.0 Å². The number of furan rings is 1. The van der Waals surface area contributed by atoms with Gasteiger partial charge in [0.15, 0.2) is 5.96 Å². The highest BCUT2D eigenvalue weighted by molar-refractivity contribution is 14.0. The van der Waals surface area contributed by atoms with Crippen molar-refractivity contribution in [3.8, 4) is 0 Å². The minimum Gasteiger partial charge on any atom is -0.465 e. The largest absolute Gasteiger partial charge is 0.465 e. The maximum Gasteiger partial charge on any atom is 0.191 e. The van der Waals surface area contributed by atoms with Crippen LogP contribution in [0.1, 0.15) is 37.3 Å². The minimum absolute atomic E-state index is 0. The van der Waals surface area contributed by atoms with Crippen LogP contribution in [0.15, 0.2) is 21.5 Å². The predicted octanol–water partition coefficient (Wildman–Crippen LogP) is 2.38. The predicted molar refractivity (Wildman–Crippen MR) is 106 cm³/mol. The van der Waals surface area contributed by atoms with Crippen LogP contribution in [0.5, 0.6) is 0 Å². The van der Waals surface area contributed by atoms with Gasteiger partial charge in [0.2, 0.25) is 0 Å². The lowest BCUT2D eigenvalue weighted by atomic mass is 10.2. The molecule has 2 aliphatic rings. The molecule has 6 nitrogen and oxygen atoms in total. The van der Waals surface area contributed by atoms with Crippen molar-refractivity contribution in [1.29, 1.82) is 0 Å². The molecule has 0 aliphatic carbocycles. The standard InChI is InChI=1S/C17H28N4O2.HI/c1-13-5-6-16(23-13)15(20-7-3-4-8-20)11-19-17(18)21-9-10-22-14(2)12-21;/h5-6,14-15H,3-4,7-12H2,1-2H3,(H2,18,19);1H. The first-order chi connectivity index (χ1) is 11.1. The van der Waals surface area contributed by atoms with Crippen LogP contribution in [-0.2, 0) is 4.74 Å². The summed E-state index contributed by atoms with van der Waals surface area (Å²) in [7, 11) is 0. The number of nitrogens with two attached hydrogens (primary N) is 1. The highest BCUT2D eigenvalue weighted by Gasteiger charge is 2.26. The number of hydrogen-bond donors (Lipinski definition) is 1. The fourth-order valence-electron chi connectivity index (χ4n) is 3.38. The van der Waals surface area contributed by atoms with Gasteiger partial charge in [-0.2, -0.15) is 0 Å². The van der Waals surface area contributed by atoms with E-state index >= 15 is 0 Å². The number of hydrogen-bond acceptors (Lipinski definition) is 4. The average Bonchev–Trinajstić information content (AvgIpc) is 3.20. The van der Waals surface area contributed by atoms with Crippen LogP contribution in [0, 0.1) is 6.92 Å². The van der Waals surface area contributed by atoms with E-state index in [-0.39, 0.29) is 36.1 Å². The molecule has 2 unspecified atom stereocenters. The summed E-state index contributed by atoms with van der Waals surface area (Å²) in [5, 5.41) is 0. The summed E-state index contributed by atoms with van der Waals surface area (Å²) in [5.74, 6) is 2.56. The molecule has 0 aromatic carbocycles. The summed E-state index contributed by atoms with van der Waals surface area (Å²) in [6.45, 7) is 9.24. The quantitative estimate of drug-likeness (QED) is 0.435. The van der Waals surface area contributed by atoms with E-state index in [2.05, 4.69) is 27.8 Å². The van der Waals surface area contributed by atoms with Gasteiger partial charge in [-0.3, -0.25) is 9.89 Å². The second kappa shape index (κ2) is 9.05. The molecular formula is C17H29IN4O2. The topological polar surface area (TPSA) is 67.2 Å². The molecule has 2 atom stereocenters. The van der Waals surface area contributed by atoms with Crippen LogP contribution >= 0.6 is 24.0 Å². The summed E-state index contributed by atoms with van der Waals surface area (Å²) in [4.78, 5) is 9.24. The average molecular weight is 448 g/mol. The third-order valence-corrected chi connectivity index (χ3v) is 4.66. The zero-order valence-electron chi connectivity index (χ0n) is 14.6. The maximum atomic E-state index is 6.21. The van der Waals surface area contributed by atoms with Crippen LogP contribution in [-0.4, -0.2) is 61.2 Å². The molecule has 3 heterocycles. The lowest BCUT2D eigenvalue weighted by Gasteiger charge is -2.32. The Labute approximate surface area is 161 Å². The molecule has 0 spiro atoms. The molecule has 136 valence electrons. The Morgan fingerprint density at radius 2 is 2.08 bits per heavy atom. The van der Waals surface area contributed by atoms with E-state index in [0.717, 1.165) is 37.7 Å². The van der Waals surface area contributed by atoms with Crippen molar-refractivity contribution < 1.29 is 9.15 Å². The highest BCUT2D eigenvalue weighted by Crippen LogP contribution is 2.27. The Bertz CT molecular complexity index is 542. The van der Waals surface area contributed by atoms with Crippen molar-refractivity contribution >= 4 is 29.9 Å². The maximum absolute atomic E-state index is 6.21. The Morgan fingerprint density at radius 1 is 1.33 bits per heavy atom. The van der Waals surface area contributed by atoms with E-state index in [4.69, 9.17) is 14.9 Å². The molecule has 1 aromatic heterocycles. The molecule has 2 aliphatic heterocycles. The van der Waals surface area contributed by atoms with Crippen molar-refractivity contribution in [1.82, 2.24) is 9.80 Å². The van der Waals surface area contributed by atoms with Gasteiger partial charge in [0, 0.05) is 13.1 Å². The second-order valence-corrected chi connectivity index (χ2v) is 6.53. The first-order valence-corrected chi connectivity index (χ1v) is 8.60. The van der Waals surface area contributed by atoms with Gasteiger partial charge in [-0.25, -0.2) is 0 Å². The van der Waals surface area contributed by atoms with Crippen LogP contribution < -0.4 is 5.73 Å². The van der Waals surface area contributed by atoms with Gasteiger partial charge >= 0.3 is 0 Å². The summed E-state index contributed by atoms with van der Waals surface area (Å²) in [6.07, 6.45) is 2.70. The van der Waals surface area contributed by atoms with E-state index < -0.39 is 0 Å². The zero-order valence-corrected chi connectivity index (χ0v) is 16.9. The Morgan fingerprint density at radius 3 is 2.71 bits per heavy atom. The molecule has 0 amide bonds. The van der Waals surface area contributed by atoms with E-state index in [9.17, 15) is 0 Å². The van der Waals surface area contributed by atoms with Crippen LogP contribution in [0.2, 0.25) is 0 Å². The first kappa shape index (κ1) is 19.5. The van der Waals surface area contributed by atoms with Gasteiger partial charge < -0.3 is 19.8 Å². The fraction of sp³-hybridized carbons (Fsp3) is 0.706. The van der Waals surface area contributed by atoms with Crippen molar-refractivity contribution in [3.05, 3.63) is 23.7 Å². The van der Waals surface area contributed by atoms with Crippen LogP contribution in [0.4, 0.5) is 0 Å². The number of aryl methyl sites for hydroxylation is 1. The van der Waals surface area contributed by atoms with Crippen LogP contribution in [0.25, 0.3) is 0 Å². The highest BCUT2D eigenvalue weighted by atomic mass is 127. The molecular weight excluding hydrogens is 419 g/mol. The first-order valence-electron chi connectivity index (χ1n) is 8.60. The smallest absolute Gasteiger partial charge is 0.191 e. The van der Waals surface area contributed by atoms with Crippen molar-refractivity contribution in [2.75, 3.05) is 39.3 Å². The van der Waals surface area contributed by atoms with E-state index in [1.807, 2.05) is 13.0 Å². The number of likely N-dealkylation sites (tertiary alicyclic amines) is 1. The van der Waals surface area contributed by atoms with E-state index in [1.54, 1.807) is 0 Å². The lowest BCUT2D eigenvalue weighted by molar-refractivity contribution is 0.00524. The number of halogens is 1. The lowest BCUT2D eigenvalue weighted by Crippen LogP contribution is -2.48. The molecule has 1 aromatic rings. The number of nitrogens with zero attached hydrogens (tertiary/aromatic N) is 3. The Hall–Kier alpha value is -0.800. The summed E-state index contributed by atoms with van der Waals surface area (Å²) in [5.41, 5.74) is 6.21. The molecule has 0 saturated carbocycles. The summed E-state index contributed by atoms with van der Waals surface area (Å²) in [6, 6.07) is 4.28. The normalized spacial score (nSPS) is 24.0. The van der Waals surface area contributed by atoms with Crippen molar-refractivity contribution in [2.24, 2.45) is 10.7 Å². The molecule has 3 rings (SSSR count). The van der Waals surface area contributed by atoms with Crippen LogP contribution in [0.3, 0.4) is 0 Å². The number of ether oxygens (including phenoxy) is 1. The summed E-state index contributed by atoms with van der Waals surface area (Å²) < 4.78 is 11.4. The third kappa shape index (κ3) is 4.86. The van der Waals surface area contributed by atoms with Gasteiger partial charge in [0.25, 0.3) is 0 Å². The zero-order chi connectivity index (χ0) is 16.2. The number of guanidine groups is 1. The Balaban J connectivity index is 0.00000208. The van der Waals surface area contributed by atoms with E-state index in [0.29, 0.717) is 19.1 Å². The van der Waals surface area contributed by atoms with Gasteiger partial charge in [-0.1, -0.05) is 0 Å². The molecule has 2 N–H and O–H groups in total. The van der Waals surface area contributed by atoms with Gasteiger partial charge in [-0.05, 0) is 51.9 Å². The SMILES string of the molecule is Cc1ccc(C(CN=C(N)N2CCOC(C)C2)N2CCCC2)o1.I.